The van der Waals surface area contributed by atoms with Crippen LogP contribution in [0.2, 0.25) is 0 Å². The summed E-state index contributed by atoms with van der Waals surface area (Å²) in [5.74, 6) is 3.74. The third-order valence-electron chi connectivity index (χ3n) is 5.08. The molecule has 0 unspecified atom stereocenters. The van der Waals surface area contributed by atoms with Crippen molar-refractivity contribution in [2.45, 2.75) is 39.5 Å². The molecule has 0 N–H and O–H groups in total. The van der Waals surface area contributed by atoms with Crippen LogP contribution < -0.4 is 9.80 Å². The van der Waals surface area contributed by atoms with Gasteiger partial charge in [0.15, 0.2) is 5.82 Å². The van der Waals surface area contributed by atoms with Crippen LogP contribution in [0.4, 0.5) is 11.6 Å². The van der Waals surface area contributed by atoms with Crippen LogP contribution in [0.3, 0.4) is 0 Å². The molecule has 0 radical (unpaired) electrons. The van der Waals surface area contributed by atoms with Gasteiger partial charge >= 0.3 is 0 Å². The van der Waals surface area contributed by atoms with Gasteiger partial charge in [-0.25, -0.2) is 9.97 Å². The topological polar surface area (TPSA) is 32.3 Å². The Balaban J connectivity index is 1.93. The summed E-state index contributed by atoms with van der Waals surface area (Å²) in [5, 5.41) is 0. The Labute approximate surface area is 151 Å². The van der Waals surface area contributed by atoms with Gasteiger partial charge in [-0.15, -0.1) is 0 Å². The Morgan fingerprint density at radius 1 is 1.12 bits per heavy atom. The molecule has 1 fully saturated rings. The molecule has 1 aromatic heterocycles. The van der Waals surface area contributed by atoms with Gasteiger partial charge in [0.05, 0.1) is 0 Å². The van der Waals surface area contributed by atoms with Gasteiger partial charge in [0.25, 0.3) is 0 Å². The number of hydrogen-bond donors (Lipinski definition) is 0. The minimum absolute atomic E-state index is 0.818. The number of unbranched alkanes of at least 4 members (excludes halogenated alkanes) is 1. The van der Waals surface area contributed by atoms with Crippen molar-refractivity contribution in [1.82, 2.24) is 9.97 Å². The smallest absolute Gasteiger partial charge is 0.163 e. The molecule has 1 saturated heterocycles. The molecule has 25 heavy (non-hydrogen) atoms. The van der Waals surface area contributed by atoms with E-state index in [1.165, 1.54) is 25.7 Å². The molecule has 4 nitrogen and oxygen atoms in total. The largest absolute Gasteiger partial charge is 0.359 e. The molecule has 3 rings (SSSR count). The highest BCUT2D eigenvalue weighted by atomic mass is 15.2. The first kappa shape index (κ1) is 17.7. The van der Waals surface area contributed by atoms with E-state index in [1.54, 1.807) is 0 Å². The summed E-state index contributed by atoms with van der Waals surface area (Å²) in [6, 6.07) is 12.5. The lowest BCUT2D eigenvalue weighted by Crippen LogP contribution is -2.33. The number of hydrogen-bond acceptors (Lipinski definition) is 4. The highest BCUT2D eigenvalue weighted by Crippen LogP contribution is 2.27. The molecule has 0 amide bonds. The average molecular weight is 338 g/mol. The van der Waals surface area contributed by atoms with Crippen LogP contribution in [0.25, 0.3) is 11.4 Å². The molecule has 0 saturated carbocycles. The van der Waals surface area contributed by atoms with E-state index in [0.29, 0.717) is 0 Å². The molecule has 0 atom stereocenters. The van der Waals surface area contributed by atoms with E-state index in [-0.39, 0.29) is 0 Å². The predicted octanol–water partition coefficient (Wildman–Crippen LogP) is 4.62. The maximum Gasteiger partial charge on any atom is 0.163 e. The van der Waals surface area contributed by atoms with Crippen molar-refractivity contribution in [3.63, 3.8) is 0 Å². The fourth-order valence-corrected chi connectivity index (χ4v) is 3.24. The maximum atomic E-state index is 4.90. The van der Waals surface area contributed by atoms with Crippen molar-refractivity contribution in [3.05, 3.63) is 36.4 Å². The third kappa shape index (κ3) is 4.50. The van der Waals surface area contributed by atoms with Gasteiger partial charge in [-0.1, -0.05) is 50.6 Å². The Kier molecular flexibility index (Phi) is 5.90. The molecule has 0 aliphatic carbocycles. The van der Waals surface area contributed by atoms with Gasteiger partial charge in [-0.2, -0.15) is 0 Å². The molecule has 1 aromatic carbocycles. The fraction of sp³-hybridized carbons (Fsp3) is 0.524. The second-order valence-electron chi connectivity index (χ2n) is 7.22. The molecule has 1 aliphatic heterocycles. The van der Waals surface area contributed by atoms with Crippen LogP contribution in [-0.4, -0.2) is 36.6 Å². The van der Waals surface area contributed by atoms with E-state index in [0.717, 1.165) is 48.6 Å². The molecule has 2 aromatic rings. The summed E-state index contributed by atoms with van der Waals surface area (Å²) in [5.41, 5.74) is 1.08. The quantitative estimate of drug-likeness (QED) is 0.769. The number of anilines is 2. The molecule has 4 heteroatoms. The lowest BCUT2D eigenvalue weighted by molar-refractivity contribution is 0.436. The standard InChI is InChI=1S/C21H30N4/c1-4-5-13-24(3)19-16-20(25-14-11-17(2)12-15-25)23-21(22-19)18-9-7-6-8-10-18/h6-10,16-17H,4-5,11-15H2,1-3H3. The van der Waals surface area contributed by atoms with Crippen molar-refractivity contribution >= 4 is 11.6 Å². The third-order valence-corrected chi connectivity index (χ3v) is 5.08. The first-order chi connectivity index (χ1) is 12.2. The molecular weight excluding hydrogens is 308 g/mol. The van der Waals surface area contributed by atoms with Crippen molar-refractivity contribution in [1.29, 1.82) is 0 Å². The Morgan fingerprint density at radius 2 is 1.84 bits per heavy atom. The normalized spacial score (nSPS) is 15.4. The summed E-state index contributed by atoms with van der Waals surface area (Å²) in [6.45, 7) is 7.77. The molecular formula is C21H30N4. The van der Waals surface area contributed by atoms with Crippen molar-refractivity contribution < 1.29 is 0 Å². The van der Waals surface area contributed by atoms with Crippen LogP contribution in [0.1, 0.15) is 39.5 Å². The Morgan fingerprint density at radius 3 is 2.52 bits per heavy atom. The highest BCUT2D eigenvalue weighted by Gasteiger charge is 2.19. The lowest BCUT2D eigenvalue weighted by atomic mass is 9.99. The number of rotatable bonds is 6. The van der Waals surface area contributed by atoms with Gasteiger partial charge in [0.1, 0.15) is 11.6 Å². The zero-order valence-corrected chi connectivity index (χ0v) is 15.8. The minimum Gasteiger partial charge on any atom is -0.359 e. The van der Waals surface area contributed by atoms with E-state index in [9.17, 15) is 0 Å². The van der Waals surface area contributed by atoms with Crippen molar-refractivity contribution in [3.8, 4) is 11.4 Å². The monoisotopic (exact) mass is 338 g/mol. The zero-order valence-electron chi connectivity index (χ0n) is 15.8. The van der Waals surface area contributed by atoms with E-state index >= 15 is 0 Å². The van der Waals surface area contributed by atoms with Gasteiger partial charge in [0.2, 0.25) is 0 Å². The number of piperidine rings is 1. The fourth-order valence-electron chi connectivity index (χ4n) is 3.24. The van der Waals surface area contributed by atoms with Crippen molar-refractivity contribution in [2.24, 2.45) is 5.92 Å². The summed E-state index contributed by atoms with van der Waals surface area (Å²) >= 11 is 0. The lowest BCUT2D eigenvalue weighted by Gasteiger charge is -2.32. The average Bonchev–Trinajstić information content (AvgIpc) is 2.67. The summed E-state index contributed by atoms with van der Waals surface area (Å²) in [6.07, 6.45) is 4.85. The molecule has 134 valence electrons. The number of nitrogens with zero attached hydrogens (tertiary/aromatic N) is 4. The second kappa shape index (κ2) is 8.32. The molecule has 1 aliphatic rings. The number of aromatic nitrogens is 2. The van der Waals surface area contributed by atoms with Crippen LogP contribution in [-0.2, 0) is 0 Å². The SMILES string of the molecule is CCCCN(C)c1cc(N2CCC(C)CC2)nc(-c2ccccc2)n1. The second-order valence-corrected chi connectivity index (χ2v) is 7.22. The van der Waals surface area contributed by atoms with E-state index in [4.69, 9.17) is 9.97 Å². The summed E-state index contributed by atoms with van der Waals surface area (Å²) < 4.78 is 0. The highest BCUT2D eigenvalue weighted by molar-refractivity contribution is 5.62. The Bertz CT molecular complexity index is 663. The predicted molar refractivity (Wildman–Crippen MR) is 106 cm³/mol. The van der Waals surface area contributed by atoms with E-state index < -0.39 is 0 Å². The van der Waals surface area contributed by atoms with E-state index in [2.05, 4.69) is 61.0 Å². The Hall–Kier alpha value is -2.10. The molecule has 0 bridgehead atoms. The number of benzene rings is 1. The first-order valence-corrected chi connectivity index (χ1v) is 9.58. The van der Waals surface area contributed by atoms with E-state index in [1.807, 2.05) is 6.07 Å². The van der Waals surface area contributed by atoms with Crippen LogP contribution in [0.15, 0.2) is 36.4 Å². The van der Waals surface area contributed by atoms with Crippen LogP contribution in [0.5, 0.6) is 0 Å². The van der Waals surface area contributed by atoms with Crippen molar-refractivity contribution in [2.75, 3.05) is 36.5 Å². The van der Waals surface area contributed by atoms with Gasteiger partial charge < -0.3 is 9.80 Å². The first-order valence-electron chi connectivity index (χ1n) is 9.58. The minimum atomic E-state index is 0.818. The van der Waals surface area contributed by atoms with Gasteiger partial charge in [0, 0.05) is 38.3 Å². The summed E-state index contributed by atoms with van der Waals surface area (Å²) in [7, 11) is 2.13. The van der Waals surface area contributed by atoms with Crippen LogP contribution >= 0.6 is 0 Å². The van der Waals surface area contributed by atoms with Crippen LogP contribution in [0, 0.1) is 5.92 Å². The zero-order chi connectivity index (χ0) is 17.6. The maximum absolute atomic E-state index is 4.90. The van der Waals surface area contributed by atoms with Gasteiger partial charge in [-0.3, -0.25) is 0 Å². The molecule has 0 spiro atoms. The van der Waals surface area contributed by atoms with Gasteiger partial charge in [-0.05, 0) is 25.2 Å². The summed E-state index contributed by atoms with van der Waals surface area (Å²) in [4.78, 5) is 14.4. The molecule has 2 heterocycles.